The minimum Gasteiger partial charge on any atom is -0.457 e. The van der Waals surface area contributed by atoms with Crippen molar-refractivity contribution in [2.75, 3.05) is 0 Å². The van der Waals surface area contributed by atoms with Gasteiger partial charge in [0.2, 0.25) is 5.91 Å². The Bertz CT molecular complexity index is 780. The minimum absolute atomic E-state index is 0.425. The molecule has 22 heavy (non-hydrogen) atoms. The maximum atomic E-state index is 11.2. The molecule has 108 valence electrons. The normalized spacial score (nSPS) is 10.2. The highest BCUT2D eigenvalue weighted by Gasteiger charge is 2.04. The van der Waals surface area contributed by atoms with Crippen LogP contribution in [0.15, 0.2) is 78.9 Å². The average molecular weight is 289 g/mol. The van der Waals surface area contributed by atoms with E-state index in [1.165, 1.54) is 0 Å². The predicted molar refractivity (Wildman–Crippen MR) is 86.9 cm³/mol. The van der Waals surface area contributed by atoms with Crippen LogP contribution >= 0.6 is 0 Å². The highest BCUT2D eigenvalue weighted by molar-refractivity contribution is 5.94. The second kappa shape index (κ2) is 6.14. The number of hydrogen-bond donors (Lipinski definition) is 1. The van der Waals surface area contributed by atoms with Gasteiger partial charge in [-0.1, -0.05) is 42.5 Å². The topological polar surface area (TPSA) is 52.3 Å². The fourth-order valence-electron chi connectivity index (χ4n) is 2.19. The summed E-state index contributed by atoms with van der Waals surface area (Å²) in [5, 5.41) is 0. The molecule has 0 saturated carbocycles. The fraction of sp³-hybridized carbons (Fsp3) is 0. The summed E-state index contributed by atoms with van der Waals surface area (Å²) in [6, 6.07) is 24.6. The number of amides is 1. The Balaban J connectivity index is 1.82. The number of nitrogens with two attached hydrogens (primary N) is 1. The van der Waals surface area contributed by atoms with Crippen molar-refractivity contribution in [3.63, 3.8) is 0 Å². The van der Waals surface area contributed by atoms with Crippen LogP contribution in [0.1, 0.15) is 10.4 Å². The van der Waals surface area contributed by atoms with Gasteiger partial charge in [0.25, 0.3) is 0 Å². The Hall–Kier alpha value is -3.07. The summed E-state index contributed by atoms with van der Waals surface area (Å²) in [6.07, 6.45) is 0. The maximum Gasteiger partial charge on any atom is 0.248 e. The average Bonchev–Trinajstić information content (AvgIpc) is 2.56. The number of benzene rings is 3. The molecule has 3 aromatic rings. The first-order valence-corrected chi connectivity index (χ1v) is 6.95. The molecule has 0 fully saturated rings. The molecular weight excluding hydrogens is 274 g/mol. The van der Waals surface area contributed by atoms with E-state index in [2.05, 4.69) is 0 Å². The van der Waals surface area contributed by atoms with Crippen LogP contribution in [0.4, 0.5) is 0 Å². The van der Waals surface area contributed by atoms with Crippen molar-refractivity contribution in [2.45, 2.75) is 0 Å². The van der Waals surface area contributed by atoms with Crippen LogP contribution in [0, 0.1) is 0 Å². The van der Waals surface area contributed by atoms with Gasteiger partial charge in [0.1, 0.15) is 11.5 Å². The van der Waals surface area contributed by atoms with Gasteiger partial charge in [-0.3, -0.25) is 4.79 Å². The van der Waals surface area contributed by atoms with Crippen molar-refractivity contribution in [3.8, 4) is 22.6 Å². The monoisotopic (exact) mass is 289 g/mol. The molecule has 3 rings (SSSR count). The summed E-state index contributed by atoms with van der Waals surface area (Å²) in [6.45, 7) is 0. The first-order valence-electron chi connectivity index (χ1n) is 6.95. The Kier molecular flexibility index (Phi) is 3.88. The summed E-state index contributed by atoms with van der Waals surface area (Å²) >= 11 is 0. The highest BCUT2D eigenvalue weighted by atomic mass is 16.5. The van der Waals surface area contributed by atoms with Gasteiger partial charge in [-0.05, 0) is 47.5 Å². The molecule has 0 spiro atoms. The molecular formula is C19H15NO2. The van der Waals surface area contributed by atoms with Crippen LogP contribution in [0.25, 0.3) is 11.1 Å². The Morgan fingerprint density at radius 3 is 2.09 bits per heavy atom. The molecule has 0 atom stereocenters. The third kappa shape index (κ3) is 3.15. The van der Waals surface area contributed by atoms with E-state index in [1.807, 2.05) is 66.7 Å². The van der Waals surface area contributed by atoms with E-state index in [0.29, 0.717) is 5.56 Å². The van der Waals surface area contributed by atoms with Crippen LogP contribution in [0.3, 0.4) is 0 Å². The number of ether oxygens (including phenoxy) is 1. The molecule has 0 aromatic heterocycles. The van der Waals surface area contributed by atoms with Gasteiger partial charge in [0.15, 0.2) is 0 Å². The largest absolute Gasteiger partial charge is 0.457 e. The van der Waals surface area contributed by atoms with E-state index in [0.717, 1.165) is 22.6 Å². The number of carbonyl (C=O) groups excluding carboxylic acids is 1. The van der Waals surface area contributed by atoms with E-state index in [4.69, 9.17) is 10.5 Å². The molecule has 0 aliphatic heterocycles. The Morgan fingerprint density at radius 2 is 1.41 bits per heavy atom. The molecule has 3 aromatic carbocycles. The van der Waals surface area contributed by atoms with Crippen LogP contribution in [-0.2, 0) is 0 Å². The third-order valence-electron chi connectivity index (χ3n) is 3.31. The van der Waals surface area contributed by atoms with E-state index in [9.17, 15) is 4.79 Å². The molecule has 0 bridgehead atoms. The second-order valence-electron chi connectivity index (χ2n) is 4.88. The quantitative estimate of drug-likeness (QED) is 0.780. The number of para-hydroxylation sites is 1. The summed E-state index contributed by atoms with van der Waals surface area (Å²) in [4.78, 5) is 11.2. The maximum absolute atomic E-state index is 11.2. The Morgan fingerprint density at radius 1 is 0.727 bits per heavy atom. The standard InChI is InChI=1S/C19H15NO2/c20-19(21)16-6-4-5-15(13-16)14-9-11-18(12-10-14)22-17-7-2-1-3-8-17/h1-13H,(H2,20,21). The Labute approximate surface area is 129 Å². The molecule has 3 heteroatoms. The van der Waals surface area contributed by atoms with Crippen molar-refractivity contribution in [2.24, 2.45) is 5.73 Å². The predicted octanol–water partition coefficient (Wildman–Crippen LogP) is 4.24. The zero-order chi connectivity index (χ0) is 15.4. The number of carbonyl (C=O) groups is 1. The molecule has 3 nitrogen and oxygen atoms in total. The van der Waals surface area contributed by atoms with E-state index in [1.54, 1.807) is 12.1 Å². The molecule has 2 N–H and O–H groups in total. The van der Waals surface area contributed by atoms with Gasteiger partial charge in [-0.15, -0.1) is 0 Å². The van der Waals surface area contributed by atoms with E-state index >= 15 is 0 Å². The lowest BCUT2D eigenvalue weighted by atomic mass is 10.0. The minimum atomic E-state index is -0.425. The first kappa shape index (κ1) is 13.9. The zero-order valence-corrected chi connectivity index (χ0v) is 11.9. The lowest BCUT2D eigenvalue weighted by molar-refractivity contribution is 0.100. The summed E-state index contributed by atoms with van der Waals surface area (Å²) < 4.78 is 5.76. The van der Waals surface area contributed by atoms with Crippen molar-refractivity contribution in [1.29, 1.82) is 0 Å². The smallest absolute Gasteiger partial charge is 0.248 e. The summed E-state index contributed by atoms with van der Waals surface area (Å²) in [5.41, 5.74) is 7.76. The van der Waals surface area contributed by atoms with Crippen molar-refractivity contribution in [3.05, 3.63) is 84.4 Å². The SMILES string of the molecule is NC(=O)c1cccc(-c2ccc(Oc3ccccc3)cc2)c1. The molecule has 0 aliphatic carbocycles. The summed E-state index contributed by atoms with van der Waals surface area (Å²) in [7, 11) is 0. The third-order valence-corrected chi connectivity index (χ3v) is 3.31. The highest BCUT2D eigenvalue weighted by Crippen LogP contribution is 2.26. The fourth-order valence-corrected chi connectivity index (χ4v) is 2.19. The van der Waals surface area contributed by atoms with Gasteiger partial charge in [0, 0.05) is 5.56 Å². The van der Waals surface area contributed by atoms with Crippen molar-refractivity contribution < 1.29 is 9.53 Å². The second-order valence-corrected chi connectivity index (χ2v) is 4.88. The van der Waals surface area contributed by atoms with E-state index < -0.39 is 5.91 Å². The van der Waals surface area contributed by atoms with Gasteiger partial charge in [-0.2, -0.15) is 0 Å². The van der Waals surface area contributed by atoms with Crippen LogP contribution < -0.4 is 10.5 Å². The van der Waals surface area contributed by atoms with Gasteiger partial charge in [0.05, 0.1) is 0 Å². The first-order chi connectivity index (χ1) is 10.7. The molecule has 1 amide bonds. The van der Waals surface area contributed by atoms with E-state index in [-0.39, 0.29) is 0 Å². The zero-order valence-electron chi connectivity index (χ0n) is 11.9. The number of hydrogen-bond acceptors (Lipinski definition) is 2. The summed E-state index contributed by atoms with van der Waals surface area (Å²) in [5.74, 6) is 1.14. The molecule has 0 aliphatic rings. The van der Waals surface area contributed by atoms with Crippen molar-refractivity contribution in [1.82, 2.24) is 0 Å². The lowest BCUT2D eigenvalue weighted by Gasteiger charge is -2.07. The molecule has 0 unspecified atom stereocenters. The van der Waals surface area contributed by atoms with Crippen LogP contribution in [0.5, 0.6) is 11.5 Å². The number of rotatable bonds is 4. The van der Waals surface area contributed by atoms with Gasteiger partial charge in [-0.25, -0.2) is 0 Å². The number of primary amides is 1. The van der Waals surface area contributed by atoms with Gasteiger partial charge >= 0.3 is 0 Å². The van der Waals surface area contributed by atoms with Crippen molar-refractivity contribution >= 4 is 5.91 Å². The molecule has 0 saturated heterocycles. The van der Waals surface area contributed by atoms with Crippen LogP contribution in [-0.4, -0.2) is 5.91 Å². The lowest BCUT2D eigenvalue weighted by Crippen LogP contribution is -2.10. The molecule has 0 radical (unpaired) electrons. The molecule has 0 heterocycles. The van der Waals surface area contributed by atoms with Gasteiger partial charge < -0.3 is 10.5 Å². The van der Waals surface area contributed by atoms with Crippen LogP contribution in [0.2, 0.25) is 0 Å².